The highest BCUT2D eigenvalue weighted by Gasteiger charge is 2.27. The number of amidine groups is 1. The smallest absolute Gasteiger partial charge is 0.254 e. The van der Waals surface area contributed by atoms with Gasteiger partial charge in [0, 0.05) is 110 Å². The summed E-state index contributed by atoms with van der Waals surface area (Å²) in [7, 11) is 0. The molecule has 3 heterocycles. The van der Waals surface area contributed by atoms with Crippen molar-refractivity contribution in [2.24, 2.45) is 5.73 Å². The summed E-state index contributed by atoms with van der Waals surface area (Å²) < 4.78 is 16.7. The number of aryl methyl sites for hydroxylation is 1. The maximum atomic E-state index is 14.5. The van der Waals surface area contributed by atoms with E-state index in [-0.39, 0.29) is 11.7 Å². The van der Waals surface area contributed by atoms with Crippen molar-refractivity contribution in [2.75, 3.05) is 63.9 Å². The van der Waals surface area contributed by atoms with E-state index >= 15 is 0 Å². The second-order valence-corrected chi connectivity index (χ2v) is 14.4. The highest BCUT2D eigenvalue weighted by molar-refractivity contribution is 6.09. The molecule has 0 spiro atoms. The fourth-order valence-electron chi connectivity index (χ4n) is 7.79. The van der Waals surface area contributed by atoms with Gasteiger partial charge in [-0.25, -0.2) is 4.58 Å². The maximum absolute atomic E-state index is 14.5. The number of carbonyl (C=O) groups is 1. The molecule has 296 valence electrons. The molecule has 0 unspecified atom stereocenters. The minimum Gasteiger partial charge on any atom is -0.494 e. The van der Waals surface area contributed by atoms with Gasteiger partial charge >= 0.3 is 0 Å². The number of nitrogen functional groups attached to an aromatic ring is 1. The average molecular weight is 769 g/mol. The predicted molar refractivity (Wildman–Crippen MR) is 227 cm³/mol. The monoisotopic (exact) mass is 768 g/mol. The van der Waals surface area contributed by atoms with Crippen LogP contribution in [0.4, 0.5) is 5.69 Å². The molecule has 3 aromatic carbocycles. The summed E-state index contributed by atoms with van der Waals surface area (Å²) >= 11 is 0. The molecule has 12 nitrogen and oxygen atoms in total. The first-order chi connectivity index (χ1) is 27.8. The van der Waals surface area contributed by atoms with E-state index in [0.29, 0.717) is 43.9 Å². The fraction of sp³-hybridized carbons (Fsp3) is 0.356. The Morgan fingerprint density at radius 3 is 2.39 bits per heavy atom. The van der Waals surface area contributed by atoms with Crippen molar-refractivity contribution in [3.63, 3.8) is 0 Å². The van der Waals surface area contributed by atoms with Crippen LogP contribution in [-0.2, 0) is 13.1 Å². The number of nitrogens with one attached hydrogen (secondary N) is 1. The molecule has 1 fully saturated rings. The van der Waals surface area contributed by atoms with Crippen LogP contribution in [0.5, 0.6) is 5.75 Å². The van der Waals surface area contributed by atoms with Crippen LogP contribution in [0.25, 0.3) is 33.4 Å². The van der Waals surface area contributed by atoms with Crippen molar-refractivity contribution in [3.05, 3.63) is 113 Å². The van der Waals surface area contributed by atoms with Crippen molar-refractivity contribution in [1.82, 2.24) is 29.4 Å². The van der Waals surface area contributed by atoms with Gasteiger partial charge in [-0.3, -0.25) is 19.8 Å². The molecule has 1 amide bonds. The Bertz CT molecular complexity index is 2360. The summed E-state index contributed by atoms with van der Waals surface area (Å²) in [6.45, 7) is 16.9. The minimum absolute atomic E-state index is 0.0369. The van der Waals surface area contributed by atoms with Crippen molar-refractivity contribution < 1.29 is 13.9 Å². The number of carbonyl (C=O) groups excluding carboxylic acids is 1. The molecule has 1 aliphatic carbocycles. The van der Waals surface area contributed by atoms with E-state index in [9.17, 15) is 4.79 Å². The Balaban J connectivity index is 1.05. The third-order valence-electron chi connectivity index (χ3n) is 11.0. The third kappa shape index (κ3) is 8.71. The largest absolute Gasteiger partial charge is 0.494 e. The van der Waals surface area contributed by atoms with E-state index in [4.69, 9.17) is 20.3 Å². The Labute approximate surface area is 334 Å². The molecule has 1 saturated heterocycles. The summed E-state index contributed by atoms with van der Waals surface area (Å²) in [4.78, 5) is 21.1. The SMILES string of the molecule is CCN(CC)c1ccc2c(-c3ccccc3C(=O)N3CCN(Cc4cn(CCCOc5ccc(C(=N)N)cc5)nn4)CC3)c3ccc(=[N+](CC)CC)cc-3oc2c1. The molecular weight excluding hydrogens is 715 g/mol. The highest BCUT2D eigenvalue weighted by Crippen LogP contribution is 2.42. The molecule has 0 saturated carbocycles. The lowest BCUT2D eigenvalue weighted by molar-refractivity contribution is 0.0627. The number of aromatic nitrogens is 3. The molecule has 0 radical (unpaired) electrons. The topological polar surface area (TPSA) is 133 Å². The summed E-state index contributed by atoms with van der Waals surface area (Å²) in [6, 6.07) is 28.2. The molecule has 1 aromatic heterocycles. The average Bonchev–Trinajstić information content (AvgIpc) is 3.69. The Hall–Kier alpha value is -6.01. The summed E-state index contributed by atoms with van der Waals surface area (Å²) in [5.74, 6) is 1.62. The van der Waals surface area contributed by atoms with Gasteiger partial charge < -0.3 is 24.7 Å². The van der Waals surface area contributed by atoms with E-state index < -0.39 is 0 Å². The molecule has 0 bridgehead atoms. The number of amides is 1. The van der Waals surface area contributed by atoms with Crippen LogP contribution in [0.1, 0.15) is 55.7 Å². The van der Waals surface area contributed by atoms with Crippen LogP contribution in [-0.4, -0.2) is 95.5 Å². The maximum Gasteiger partial charge on any atom is 0.254 e. The first kappa shape index (κ1) is 39.2. The molecule has 12 heteroatoms. The van der Waals surface area contributed by atoms with Gasteiger partial charge in [0.15, 0.2) is 0 Å². The van der Waals surface area contributed by atoms with Gasteiger partial charge in [0.05, 0.1) is 18.4 Å². The van der Waals surface area contributed by atoms with Crippen LogP contribution in [0.3, 0.4) is 0 Å². The molecule has 3 aliphatic rings. The quantitative estimate of drug-likeness (QED) is 0.0417. The van der Waals surface area contributed by atoms with E-state index in [1.807, 2.05) is 46.1 Å². The third-order valence-corrected chi connectivity index (χ3v) is 11.0. The lowest BCUT2D eigenvalue weighted by atomic mass is 9.90. The van der Waals surface area contributed by atoms with Crippen molar-refractivity contribution in [1.29, 1.82) is 5.41 Å². The van der Waals surface area contributed by atoms with E-state index in [2.05, 4.69) is 94.8 Å². The van der Waals surface area contributed by atoms with Gasteiger partial charge in [-0.1, -0.05) is 23.4 Å². The number of hydrogen-bond donors (Lipinski definition) is 2. The number of benzene rings is 4. The van der Waals surface area contributed by atoms with Gasteiger partial charge in [0.25, 0.3) is 5.91 Å². The molecular formula is C45H54N9O3+. The van der Waals surface area contributed by atoms with Crippen molar-refractivity contribution in [2.45, 2.75) is 47.2 Å². The lowest BCUT2D eigenvalue weighted by Crippen LogP contribution is -2.48. The minimum atomic E-state index is 0.0369. The second-order valence-electron chi connectivity index (χ2n) is 14.4. The van der Waals surface area contributed by atoms with E-state index in [0.717, 1.165) is 102 Å². The normalized spacial score (nSPS) is 13.3. The highest BCUT2D eigenvalue weighted by atomic mass is 16.5. The number of nitrogens with zero attached hydrogens (tertiary/aromatic N) is 7. The Morgan fingerprint density at radius 2 is 1.67 bits per heavy atom. The molecule has 3 N–H and O–H groups in total. The summed E-state index contributed by atoms with van der Waals surface area (Å²) in [5.41, 5.74) is 12.6. The number of fused-ring (bicyclic) bond motifs is 2. The first-order valence-electron chi connectivity index (χ1n) is 20.2. The standard InChI is InChI=1S/C45H54N9O3/c1-5-51(6-2)34-16-20-39-41(28-34)57-42-29-35(52(7-3)8-4)17-21-40(42)43(39)37-12-9-10-13-38(37)45(55)53-25-23-50(24-26-53)30-33-31-54(49-48-33)22-11-27-56-36-18-14-32(15-19-36)44(46)47/h9-10,12-21,28-29,31H,5-8,11,22-27,30H2,1-4H3,(H3,46,47)/q+1. The van der Waals surface area contributed by atoms with Crippen LogP contribution in [0, 0.1) is 5.41 Å². The van der Waals surface area contributed by atoms with Gasteiger partial charge in [-0.15, -0.1) is 5.10 Å². The number of anilines is 1. The lowest BCUT2D eigenvalue weighted by Gasteiger charge is -2.34. The Kier molecular flexibility index (Phi) is 12.3. The zero-order valence-electron chi connectivity index (χ0n) is 33.6. The number of rotatable bonds is 15. The van der Waals surface area contributed by atoms with Crippen LogP contribution in [0.15, 0.2) is 95.5 Å². The van der Waals surface area contributed by atoms with Gasteiger partial charge in [-0.2, -0.15) is 0 Å². The zero-order valence-corrected chi connectivity index (χ0v) is 33.6. The number of piperazine rings is 1. The van der Waals surface area contributed by atoms with Crippen LogP contribution >= 0.6 is 0 Å². The van der Waals surface area contributed by atoms with Gasteiger partial charge in [-0.05, 0) is 81.8 Å². The van der Waals surface area contributed by atoms with Crippen LogP contribution in [0.2, 0.25) is 0 Å². The van der Waals surface area contributed by atoms with Gasteiger partial charge in [0.1, 0.15) is 36.0 Å². The number of ether oxygens (including phenoxy) is 1. The molecule has 4 aromatic rings. The van der Waals surface area contributed by atoms with E-state index in [1.54, 1.807) is 12.1 Å². The summed E-state index contributed by atoms with van der Waals surface area (Å²) in [6.07, 6.45) is 2.77. The number of nitrogens with two attached hydrogens (primary N) is 1. The molecule has 0 atom stereocenters. The first-order valence-corrected chi connectivity index (χ1v) is 20.2. The molecule has 57 heavy (non-hydrogen) atoms. The summed E-state index contributed by atoms with van der Waals surface area (Å²) in [5, 5.41) is 18.4. The van der Waals surface area contributed by atoms with E-state index in [1.165, 1.54) is 0 Å². The second kappa shape index (κ2) is 17.8. The van der Waals surface area contributed by atoms with Gasteiger partial charge in [0.2, 0.25) is 5.36 Å². The molecule has 7 rings (SSSR count). The van der Waals surface area contributed by atoms with Crippen LogP contribution < -0.4 is 25.3 Å². The van der Waals surface area contributed by atoms with Crippen molar-refractivity contribution in [3.8, 4) is 28.2 Å². The fourth-order valence-corrected chi connectivity index (χ4v) is 7.79. The zero-order chi connectivity index (χ0) is 39.9. The molecule has 2 aliphatic heterocycles. The Morgan fingerprint density at radius 1 is 0.912 bits per heavy atom. The number of hydrogen-bond acceptors (Lipinski definition) is 8. The predicted octanol–water partition coefficient (Wildman–Crippen LogP) is 6.17. The van der Waals surface area contributed by atoms with Crippen molar-refractivity contribution >= 4 is 28.4 Å².